The predicted octanol–water partition coefficient (Wildman–Crippen LogP) is -0.402. The number of carbonyl (C=O) groups is 5. The first-order valence-electron chi connectivity index (χ1n) is 10.8. The van der Waals surface area contributed by atoms with Crippen molar-refractivity contribution in [1.29, 1.82) is 0 Å². The molecule has 0 saturated heterocycles. The summed E-state index contributed by atoms with van der Waals surface area (Å²) in [5, 5.41) is 10.4. The molecule has 0 aliphatic carbocycles. The fraction of sp³-hybridized carbons (Fsp3) is 0.545. The molecule has 0 bridgehead atoms. The molecule has 0 unspecified atom stereocenters. The summed E-state index contributed by atoms with van der Waals surface area (Å²) in [5.41, 5.74) is 0.669. The summed E-state index contributed by atoms with van der Waals surface area (Å²) in [6.07, 6.45) is 3.16. The van der Waals surface area contributed by atoms with E-state index in [-0.39, 0.29) is 24.7 Å². The number of amides is 4. The van der Waals surface area contributed by atoms with E-state index < -0.39 is 35.9 Å². The minimum atomic E-state index is -0.926. The second-order valence-corrected chi connectivity index (χ2v) is 7.58. The topological polar surface area (TPSA) is 156 Å². The third kappa shape index (κ3) is 11.1. The van der Waals surface area contributed by atoms with Gasteiger partial charge in [-0.2, -0.15) is 0 Å². The van der Waals surface area contributed by atoms with E-state index in [1.165, 1.54) is 27.9 Å². The number of carbonyl (C=O) groups excluding carboxylic acids is 5. The van der Waals surface area contributed by atoms with E-state index in [0.717, 1.165) is 0 Å². The summed E-state index contributed by atoms with van der Waals surface area (Å²) in [5.74, 6) is -2.22. The predicted molar refractivity (Wildman–Crippen MR) is 120 cm³/mol. The Labute approximate surface area is 193 Å². The Kier molecular flexibility index (Phi) is 12.1. The lowest BCUT2D eigenvalue weighted by Gasteiger charge is -2.22. The molecule has 182 valence electrons. The van der Waals surface area contributed by atoms with Gasteiger partial charge in [0.2, 0.25) is 23.6 Å². The van der Waals surface area contributed by atoms with Crippen molar-refractivity contribution >= 4 is 29.6 Å². The molecule has 0 aliphatic heterocycles. The number of ether oxygens (including phenoxy) is 1. The van der Waals surface area contributed by atoms with Crippen molar-refractivity contribution in [3.05, 3.63) is 30.1 Å². The van der Waals surface area contributed by atoms with E-state index in [1.807, 2.05) is 6.07 Å². The van der Waals surface area contributed by atoms with Crippen LogP contribution in [0.4, 0.5) is 0 Å². The number of nitrogens with one attached hydrogen (secondary N) is 4. The third-order valence-electron chi connectivity index (χ3n) is 4.67. The van der Waals surface area contributed by atoms with Gasteiger partial charge in [0.25, 0.3) is 0 Å². The molecule has 11 nitrogen and oxygen atoms in total. The lowest BCUT2D eigenvalue weighted by molar-refractivity contribution is -0.144. The standard InChI is InChI=1S/C22H33N5O6/c1-14(25-16(3)28)20(30)27-18(21(31)26-15(2)22(32)33-4)10-6-8-12-24-19(29)13-17-9-5-7-11-23-17/h5,7,9,11,14-15,18H,6,8,10,12-13H2,1-4H3,(H,24,29)(H,25,28)(H,26,31)(H,27,30)/t14-,15-,18-/m0/s1. The van der Waals surface area contributed by atoms with Gasteiger partial charge in [-0.3, -0.25) is 24.2 Å². The fourth-order valence-corrected chi connectivity index (χ4v) is 2.92. The number of rotatable bonds is 13. The Morgan fingerprint density at radius 2 is 1.70 bits per heavy atom. The third-order valence-corrected chi connectivity index (χ3v) is 4.67. The molecule has 4 amide bonds. The van der Waals surface area contributed by atoms with Crippen molar-refractivity contribution in [3.8, 4) is 0 Å². The van der Waals surface area contributed by atoms with Crippen molar-refractivity contribution in [2.24, 2.45) is 0 Å². The summed E-state index contributed by atoms with van der Waals surface area (Å²) in [7, 11) is 1.21. The van der Waals surface area contributed by atoms with Crippen LogP contribution in [-0.4, -0.2) is 66.4 Å². The largest absolute Gasteiger partial charge is 0.467 e. The highest BCUT2D eigenvalue weighted by Gasteiger charge is 2.26. The number of unbranched alkanes of at least 4 members (excludes halogenated alkanes) is 1. The van der Waals surface area contributed by atoms with Gasteiger partial charge in [-0.25, -0.2) is 4.79 Å². The minimum absolute atomic E-state index is 0.160. The number of nitrogens with zero attached hydrogens (tertiary/aromatic N) is 1. The molecule has 1 heterocycles. The molecule has 0 spiro atoms. The molecule has 0 aliphatic rings. The molecule has 0 saturated carbocycles. The first-order chi connectivity index (χ1) is 15.6. The molecule has 0 fully saturated rings. The maximum absolute atomic E-state index is 12.6. The van der Waals surface area contributed by atoms with Crippen molar-refractivity contribution in [2.45, 2.75) is 64.6 Å². The quantitative estimate of drug-likeness (QED) is 0.229. The molecule has 11 heteroatoms. The maximum Gasteiger partial charge on any atom is 0.328 e. The Morgan fingerprint density at radius 1 is 0.970 bits per heavy atom. The SMILES string of the molecule is COC(=O)[C@H](C)NC(=O)[C@H](CCCCNC(=O)Cc1ccccn1)NC(=O)[C@H](C)NC(C)=O. The van der Waals surface area contributed by atoms with E-state index >= 15 is 0 Å². The number of aromatic nitrogens is 1. The number of pyridine rings is 1. The normalized spacial score (nSPS) is 13.1. The van der Waals surface area contributed by atoms with Gasteiger partial charge >= 0.3 is 5.97 Å². The zero-order chi connectivity index (χ0) is 24.8. The van der Waals surface area contributed by atoms with Crippen LogP contribution < -0.4 is 21.3 Å². The second-order valence-electron chi connectivity index (χ2n) is 7.58. The van der Waals surface area contributed by atoms with Crippen molar-refractivity contribution in [2.75, 3.05) is 13.7 Å². The molecule has 1 rings (SSSR count). The maximum atomic E-state index is 12.6. The van der Waals surface area contributed by atoms with E-state index in [9.17, 15) is 24.0 Å². The minimum Gasteiger partial charge on any atom is -0.467 e. The van der Waals surface area contributed by atoms with E-state index in [2.05, 4.69) is 31.0 Å². The van der Waals surface area contributed by atoms with Crippen LogP contribution in [0.2, 0.25) is 0 Å². The van der Waals surface area contributed by atoms with E-state index in [1.54, 1.807) is 18.3 Å². The van der Waals surface area contributed by atoms with E-state index in [0.29, 0.717) is 25.1 Å². The summed E-state index contributed by atoms with van der Waals surface area (Å²) in [6.45, 7) is 4.66. The van der Waals surface area contributed by atoms with Gasteiger partial charge in [0.15, 0.2) is 0 Å². The molecule has 1 aromatic rings. The fourth-order valence-electron chi connectivity index (χ4n) is 2.92. The summed E-state index contributed by atoms with van der Waals surface area (Å²) in [6, 6.07) is 2.70. The molecule has 0 aromatic carbocycles. The van der Waals surface area contributed by atoms with Gasteiger partial charge in [0, 0.05) is 25.4 Å². The van der Waals surface area contributed by atoms with Crippen LogP contribution in [0.15, 0.2) is 24.4 Å². The highest BCUT2D eigenvalue weighted by atomic mass is 16.5. The summed E-state index contributed by atoms with van der Waals surface area (Å²) >= 11 is 0. The Hall–Kier alpha value is -3.50. The van der Waals surface area contributed by atoms with Crippen molar-refractivity contribution < 1.29 is 28.7 Å². The van der Waals surface area contributed by atoms with Crippen LogP contribution in [0.25, 0.3) is 0 Å². The van der Waals surface area contributed by atoms with Crippen LogP contribution in [0, 0.1) is 0 Å². The van der Waals surface area contributed by atoms with Gasteiger partial charge in [-0.05, 0) is 45.2 Å². The van der Waals surface area contributed by atoms with Gasteiger partial charge < -0.3 is 26.0 Å². The average Bonchev–Trinajstić information content (AvgIpc) is 2.77. The molecular weight excluding hydrogens is 430 g/mol. The average molecular weight is 464 g/mol. The number of hydrogen-bond donors (Lipinski definition) is 4. The Bertz CT molecular complexity index is 817. The molecule has 0 radical (unpaired) electrons. The zero-order valence-corrected chi connectivity index (χ0v) is 19.5. The van der Waals surface area contributed by atoms with Crippen LogP contribution in [-0.2, 0) is 35.1 Å². The van der Waals surface area contributed by atoms with Gasteiger partial charge in [-0.1, -0.05) is 6.07 Å². The number of hydrogen-bond acceptors (Lipinski definition) is 7. The number of methoxy groups -OCH3 is 1. The molecule has 33 heavy (non-hydrogen) atoms. The zero-order valence-electron chi connectivity index (χ0n) is 19.5. The molecular formula is C22H33N5O6. The summed E-state index contributed by atoms with van der Waals surface area (Å²) < 4.78 is 4.60. The van der Waals surface area contributed by atoms with Gasteiger partial charge in [0.1, 0.15) is 18.1 Å². The van der Waals surface area contributed by atoms with Crippen molar-refractivity contribution in [1.82, 2.24) is 26.3 Å². The monoisotopic (exact) mass is 463 g/mol. The highest BCUT2D eigenvalue weighted by Crippen LogP contribution is 2.04. The van der Waals surface area contributed by atoms with Crippen molar-refractivity contribution in [3.63, 3.8) is 0 Å². The van der Waals surface area contributed by atoms with Crippen LogP contribution >= 0.6 is 0 Å². The Morgan fingerprint density at radius 3 is 2.30 bits per heavy atom. The lowest BCUT2D eigenvalue weighted by Crippen LogP contribution is -2.54. The van der Waals surface area contributed by atoms with Gasteiger partial charge in [0.05, 0.1) is 13.5 Å². The van der Waals surface area contributed by atoms with Crippen LogP contribution in [0.1, 0.15) is 45.7 Å². The van der Waals surface area contributed by atoms with Gasteiger partial charge in [-0.15, -0.1) is 0 Å². The first kappa shape index (κ1) is 27.5. The molecule has 4 N–H and O–H groups in total. The number of esters is 1. The lowest BCUT2D eigenvalue weighted by atomic mass is 10.1. The summed E-state index contributed by atoms with van der Waals surface area (Å²) in [4.78, 5) is 63.9. The highest BCUT2D eigenvalue weighted by molar-refractivity contribution is 5.93. The molecule has 1 aromatic heterocycles. The Balaban J connectivity index is 2.57. The second kappa shape index (κ2) is 14.5. The van der Waals surface area contributed by atoms with E-state index in [4.69, 9.17) is 0 Å². The first-order valence-corrected chi connectivity index (χ1v) is 10.8. The smallest absolute Gasteiger partial charge is 0.328 e. The van der Waals surface area contributed by atoms with Crippen LogP contribution in [0.3, 0.4) is 0 Å². The van der Waals surface area contributed by atoms with Crippen LogP contribution in [0.5, 0.6) is 0 Å². The molecule has 3 atom stereocenters.